The molecule has 0 aliphatic rings. The number of hydrogen-bond acceptors (Lipinski definition) is 4. The van der Waals surface area contributed by atoms with Crippen molar-refractivity contribution < 1.29 is 13.9 Å². The third-order valence-corrected chi connectivity index (χ3v) is 2.23. The minimum absolute atomic E-state index is 0.229. The highest BCUT2D eigenvalue weighted by atomic mass is 16.5. The fraction of sp³-hybridized carbons (Fsp3) is 0.600. The van der Waals surface area contributed by atoms with Crippen molar-refractivity contribution in [3.63, 3.8) is 0 Å². The van der Waals surface area contributed by atoms with Crippen LogP contribution in [0.4, 0.5) is 0 Å². The van der Waals surface area contributed by atoms with Gasteiger partial charge in [-0.3, -0.25) is 0 Å². The van der Waals surface area contributed by atoms with Crippen molar-refractivity contribution in [2.24, 2.45) is 0 Å². The van der Waals surface area contributed by atoms with Gasteiger partial charge in [0.2, 0.25) is 0 Å². The maximum absolute atomic E-state index is 11.2. The topological polar surface area (TPSA) is 52.3 Å². The average molecular weight is 197 g/mol. The lowest BCUT2D eigenvalue weighted by atomic mass is 10.1. The number of aromatic nitrogens is 1. The second kappa shape index (κ2) is 4.26. The predicted molar refractivity (Wildman–Crippen MR) is 51.3 cm³/mol. The molecule has 0 N–H and O–H groups in total. The van der Waals surface area contributed by atoms with E-state index in [4.69, 9.17) is 4.42 Å². The van der Waals surface area contributed by atoms with Crippen molar-refractivity contribution in [3.05, 3.63) is 17.3 Å². The van der Waals surface area contributed by atoms with Crippen LogP contribution in [0.3, 0.4) is 0 Å². The monoisotopic (exact) mass is 197 g/mol. The van der Waals surface area contributed by atoms with Gasteiger partial charge < -0.3 is 9.15 Å². The summed E-state index contributed by atoms with van der Waals surface area (Å²) in [4.78, 5) is 15.3. The molecule has 78 valence electrons. The second-order valence-corrected chi connectivity index (χ2v) is 3.26. The van der Waals surface area contributed by atoms with Gasteiger partial charge in [-0.1, -0.05) is 13.8 Å². The number of carbonyl (C=O) groups is 1. The van der Waals surface area contributed by atoms with Gasteiger partial charge in [-0.2, -0.15) is 0 Å². The van der Waals surface area contributed by atoms with Gasteiger partial charge in [0, 0.05) is 5.92 Å². The fourth-order valence-corrected chi connectivity index (χ4v) is 1.09. The zero-order valence-corrected chi connectivity index (χ0v) is 8.96. The summed E-state index contributed by atoms with van der Waals surface area (Å²) in [5.74, 6) is 0.908. The number of rotatable bonds is 3. The molecule has 0 saturated heterocycles. The van der Waals surface area contributed by atoms with E-state index in [1.807, 2.05) is 13.8 Å². The Balaban J connectivity index is 2.98. The fourth-order valence-electron chi connectivity index (χ4n) is 1.09. The summed E-state index contributed by atoms with van der Waals surface area (Å²) in [5.41, 5.74) is 0.280. The summed E-state index contributed by atoms with van der Waals surface area (Å²) in [6.07, 6.45) is 0.931. The SMILES string of the molecule is CC[C@H](C)c1nc(C(=O)OC)c(C)o1. The highest BCUT2D eigenvalue weighted by molar-refractivity contribution is 5.88. The molecule has 0 aliphatic heterocycles. The van der Waals surface area contributed by atoms with Gasteiger partial charge in [-0.05, 0) is 13.3 Å². The van der Waals surface area contributed by atoms with Crippen LogP contribution >= 0.6 is 0 Å². The Hall–Kier alpha value is -1.32. The van der Waals surface area contributed by atoms with E-state index in [9.17, 15) is 4.79 Å². The highest BCUT2D eigenvalue weighted by Gasteiger charge is 2.19. The van der Waals surface area contributed by atoms with E-state index in [0.29, 0.717) is 11.7 Å². The molecule has 14 heavy (non-hydrogen) atoms. The zero-order valence-electron chi connectivity index (χ0n) is 8.96. The first kappa shape index (κ1) is 10.8. The van der Waals surface area contributed by atoms with Crippen LogP contribution in [0.25, 0.3) is 0 Å². The Morgan fingerprint density at radius 2 is 2.29 bits per heavy atom. The number of oxazole rings is 1. The van der Waals surface area contributed by atoms with E-state index in [1.165, 1.54) is 7.11 Å². The molecular weight excluding hydrogens is 182 g/mol. The Morgan fingerprint density at radius 3 is 2.79 bits per heavy atom. The van der Waals surface area contributed by atoms with E-state index in [-0.39, 0.29) is 11.6 Å². The molecule has 0 fully saturated rings. The molecule has 0 saturated carbocycles. The van der Waals surface area contributed by atoms with Crippen LogP contribution in [0, 0.1) is 6.92 Å². The van der Waals surface area contributed by atoms with Crippen LogP contribution in [0.5, 0.6) is 0 Å². The molecule has 4 heteroatoms. The normalized spacial score (nSPS) is 12.6. The quantitative estimate of drug-likeness (QED) is 0.697. The Labute approximate surface area is 83.3 Å². The number of hydrogen-bond donors (Lipinski definition) is 0. The van der Waals surface area contributed by atoms with E-state index in [0.717, 1.165) is 6.42 Å². The molecule has 0 bridgehead atoms. The number of carbonyl (C=O) groups excluding carboxylic acids is 1. The second-order valence-electron chi connectivity index (χ2n) is 3.26. The first-order valence-corrected chi connectivity index (χ1v) is 4.65. The number of esters is 1. The third-order valence-electron chi connectivity index (χ3n) is 2.23. The summed E-state index contributed by atoms with van der Waals surface area (Å²) >= 11 is 0. The molecule has 1 atom stereocenters. The van der Waals surface area contributed by atoms with Gasteiger partial charge in [0.05, 0.1) is 7.11 Å². The standard InChI is InChI=1S/C10H15NO3/c1-5-6(2)9-11-8(7(3)14-9)10(12)13-4/h6H,5H2,1-4H3/t6-/m0/s1. The average Bonchev–Trinajstić information content (AvgIpc) is 2.58. The Kier molecular flexibility index (Phi) is 3.28. The van der Waals surface area contributed by atoms with Crippen LogP contribution in [0.1, 0.15) is 48.3 Å². The number of methoxy groups -OCH3 is 1. The van der Waals surface area contributed by atoms with Gasteiger partial charge in [-0.15, -0.1) is 0 Å². The summed E-state index contributed by atoms with van der Waals surface area (Å²) in [7, 11) is 1.33. The molecule has 0 amide bonds. The molecule has 1 aromatic heterocycles. The van der Waals surface area contributed by atoms with Crippen molar-refractivity contribution >= 4 is 5.97 Å². The number of ether oxygens (including phenoxy) is 1. The largest absolute Gasteiger partial charge is 0.464 e. The van der Waals surface area contributed by atoms with Crippen LogP contribution in [-0.4, -0.2) is 18.1 Å². The van der Waals surface area contributed by atoms with Gasteiger partial charge >= 0.3 is 5.97 Å². The van der Waals surface area contributed by atoms with E-state index >= 15 is 0 Å². The minimum Gasteiger partial charge on any atom is -0.464 e. The van der Waals surface area contributed by atoms with Crippen LogP contribution < -0.4 is 0 Å². The summed E-state index contributed by atoms with van der Waals surface area (Å²) < 4.78 is 9.96. The predicted octanol–water partition coefficient (Wildman–Crippen LogP) is 2.28. The molecule has 0 aliphatic carbocycles. The Bertz CT molecular complexity index is 330. The Morgan fingerprint density at radius 1 is 1.64 bits per heavy atom. The smallest absolute Gasteiger partial charge is 0.360 e. The lowest BCUT2D eigenvalue weighted by molar-refractivity contribution is 0.0593. The van der Waals surface area contributed by atoms with Gasteiger partial charge in [0.15, 0.2) is 11.6 Å². The minimum atomic E-state index is -0.444. The number of aryl methyl sites for hydroxylation is 1. The summed E-state index contributed by atoms with van der Waals surface area (Å²) in [6.45, 7) is 5.76. The first-order valence-electron chi connectivity index (χ1n) is 4.65. The molecule has 4 nitrogen and oxygen atoms in total. The van der Waals surface area contributed by atoms with Crippen molar-refractivity contribution in [3.8, 4) is 0 Å². The molecule has 1 rings (SSSR count). The number of nitrogens with zero attached hydrogens (tertiary/aromatic N) is 1. The summed E-state index contributed by atoms with van der Waals surface area (Å²) in [6, 6.07) is 0. The maximum Gasteiger partial charge on any atom is 0.360 e. The van der Waals surface area contributed by atoms with Gasteiger partial charge in [0.25, 0.3) is 0 Å². The molecule has 0 aromatic carbocycles. The maximum atomic E-state index is 11.2. The molecule has 1 heterocycles. The van der Waals surface area contributed by atoms with Gasteiger partial charge in [-0.25, -0.2) is 9.78 Å². The van der Waals surface area contributed by atoms with Gasteiger partial charge in [0.1, 0.15) is 5.76 Å². The van der Waals surface area contributed by atoms with Crippen LogP contribution in [0.15, 0.2) is 4.42 Å². The first-order chi connectivity index (χ1) is 6.60. The summed E-state index contributed by atoms with van der Waals surface area (Å²) in [5, 5.41) is 0. The van der Waals surface area contributed by atoms with Crippen LogP contribution in [0.2, 0.25) is 0 Å². The van der Waals surface area contributed by atoms with Crippen molar-refractivity contribution in [1.29, 1.82) is 0 Å². The molecule has 0 unspecified atom stereocenters. The van der Waals surface area contributed by atoms with Crippen molar-refractivity contribution in [2.45, 2.75) is 33.1 Å². The highest BCUT2D eigenvalue weighted by Crippen LogP contribution is 2.20. The van der Waals surface area contributed by atoms with Crippen molar-refractivity contribution in [2.75, 3.05) is 7.11 Å². The van der Waals surface area contributed by atoms with E-state index in [1.54, 1.807) is 6.92 Å². The molecule has 0 spiro atoms. The van der Waals surface area contributed by atoms with Crippen LogP contribution in [-0.2, 0) is 4.74 Å². The third kappa shape index (κ3) is 1.95. The molecule has 0 radical (unpaired) electrons. The lowest BCUT2D eigenvalue weighted by Gasteiger charge is -2.00. The molecular formula is C10H15NO3. The van der Waals surface area contributed by atoms with E-state index in [2.05, 4.69) is 9.72 Å². The lowest BCUT2D eigenvalue weighted by Crippen LogP contribution is -2.03. The van der Waals surface area contributed by atoms with Crippen molar-refractivity contribution in [1.82, 2.24) is 4.98 Å². The zero-order chi connectivity index (χ0) is 10.7. The van der Waals surface area contributed by atoms with E-state index < -0.39 is 5.97 Å². The molecule has 1 aromatic rings.